The summed E-state index contributed by atoms with van der Waals surface area (Å²) >= 11 is 0. The number of amides is 1. The number of rotatable bonds is 5. The molecule has 0 spiro atoms. The lowest BCUT2D eigenvalue weighted by Gasteiger charge is -2.23. The fourth-order valence-corrected chi connectivity index (χ4v) is 2.23. The molecule has 120 valence electrons. The van der Waals surface area contributed by atoms with E-state index in [1.54, 1.807) is 4.90 Å². The summed E-state index contributed by atoms with van der Waals surface area (Å²) in [7, 11) is 0. The van der Waals surface area contributed by atoms with Crippen molar-refractivity contribution in [3.63, 3.8) is 0 Å². The highest BCUT2D eigenvalue weighted by Gasteiger charge is 2.24. The van der Waals surface area contributed by atoms with Crippen LogP contribution in [-0.2, 0) is 16.8 Å². The first-order valence-corrected chi connectivity index (χ1v) is 7.42. The first-order valence-electron chi connectivity index (χ1n) is 7.42. The molecule has 0 aliphatic rings. The van der Waals surface area contributed by atoms with E-state index in [-0.39, 0.29) is 24.3 Å². The lowest BCUT2D eigenvalue weighted by atomic mass is 9.96. The molecule has 0 fully saturated rings. The van der Waals surface area contributed by atoms with Crippen LogP contribution in [0.5, 0.6) is 0 Å². The smallest absolute Gasteiger partial charge is 0.248 e. The third-order valence-corrected chi connectivity index (χ3v) is 3.30. The van der Waals surface area contributed by atoms with Crippen LogP contribution in [0.3, 0.4) is 0 Å². The van der Waals surface area contributed by atoms with Crippen molar-refractivity contribution in [3.8, 4) is 6.07 Å². The first-order chi connectivity index (χ1) is 10.9. The van der Waals surface area contributed by atoms with Crippen molar-refractivity contribution in [2.75, 3.05) is 11.4 Å². The van der Waals surface area contributed by atoms with Gasteiger partial charge in [0.2, 0.25) is 5.91 Å². The minimum atomic E-state index is -0.256. The number of anilines is 1. The highest BCUT2D eigenvalue weighted by atomic mass is 16.2. The van der Waals surface area contributed by atoms with Gasteiger partial charge in [-0.3, -0.25) is 4.79 Å². The summed E-state index contributed by atoms with van der Waals surface area (Å²) < 4.78 is 1.52. The average Bonchev–Trinajstić information content (AvgIpc) is 2.97. The van der Waals surface area contributed by atoms with E-state index in [9.17, 15) is 4.79 Å². The van der Waals surface area contributed by atoms with Crippen molar-refractivity contribution in [1.29, 1.82) is 5.26 Å². The van der Waals surface area contributed by atoms with Crippen molar-refractivity contribution in [1.82, 2.24) is 20.2 Å². The van der Waals surface area contributed by atoms with Gasteiger partial charge in [-0.2, -0.15) is 5.26 Å². The van der Waals surface area contributed by atoms with E-state index in [4.69, 9.17) is 5.26 Å². The molecule has 2 rings (SSSR count). The van der Waals surface area contributed by atoms with Crippen LogP contribution >= 0.6 is 0 Å². The number of carbonyl (C=O) groups excluding carboxylic acids is 1. The molecule has 0 radical (unpaired) electrons. The zero-order chi connectivity index (χ0) is 16.9. The topological polar surface area (TPSA) is 87.7 Å². The number of tetrazole rings is 1. The molecule has 2 aromatic rings. The van der Waals surface area contributed by atoms with Crippen molar-refractivity contribution >= 4 is 11.6 Å². The lowest BCUT2D eigenvalue weighted by molar-refractivity contribution is -0.119. The maximum absolute atomic E-state index is 12.7. The normalized spacial score (nSPS) is 11.0. The summed E-state index contributed by atoms with van der Waals surface area (Å²) in [5.41, 5.74) is 0.506. The second kappa shape index (κ2) is 7.01. The highest BCUT2D eigenvalue weighted by Crippen LogP contribution is 2.19. The quantitative estimate of drug-likeness (QED) is 0.841. The molecule has 1 amide bonds. The molecular weight excluding hydrogens is 292 g/mol. The summed E-state index contributed by atoms with van der Waals surface area (Å²) in [6.07, 6.45) is 0.266. The molecule has 0 unspecified atom stereocenters. The van der Waals surface area contributed by atoms with Crippen LogP contribution in [-0.4, -0.2) is 32.7 Å². The van der Waals surface area contributed by atoms with Crippen molar-refractivity contribution in [2.24, 2.45) is 0 Å². The molecule has 7 heteroatoms. The number of nitrogens with zero attached hydrogens (tertiary/aromatic N) is 6. The Morgan fingerprint density at radius 1 is 1.30 bits per heavy atom. The van der Waals surface area contributed by atoms with Gasteiger partial charge < -0.3 is 4.90 Å². The van der Waals surface area contributed by atoms with Gasteiger partial charge >= 0.3 is 0 Å². The van der Waals surface area contributed by atoms with Gasteiger partial charge in [0.1, 0.15) is 6.54 Å². The van der Waals surface area contributed by atoms with Gasteiger partial charge in [0.15, 0.2) is 5.82 Å². The Morgan fingerprint density at radius 3 is 2.61 bits per heavy atom. The molecule has 0 aliphatic carbocycles. The Bertz CT molecular complexity index is 695. The molecule has 1 aromatic carbocycles. The van der Waals surface area contributed by atoms with Crippen LogP contribution in [0.2, 0.25) is 0 Å². The number of aromatic nitrogens is 4. The molecule has 0 bridgehead atoms. The zero-order valence-corrected chi connectivity index (χ0v) is 13.6. The van der Waals surface area contributed by atoms with Gasteiger partial charge in [-0.25, -0.2) is 4.68 Å². The lowest BCUT2D eigenvalue weighted by Crippen LogP contribution is -2.36. The van der Waals surface area contributed by atoms with Gasteiger partial charge in [0.25, 0.3) is 0 Å². The summed E-state index contributed by atoms with van der Waals surface area (Å²) in [6, 6.07) is 11.4. The SMILES string of the molecule is CC(C)(C)c1nnnn1CC(=O)N(CCC#N)c1ccccc1. The van der Waals surface area contributed by atoms with Gasteiger partial charge in [0, 0.05) is 17.6 Å². The number of para-hydroxylation sites is 1. The van der Waals surface area contributed by atoms with Gasteiger partial charge in [0.05, 0.1) is 12.5 Å². The van der Waals surface area contributed by atoms with Crippen molar-refractivity contribution in [3.05, 3.63) is 36.2 Å². The maximum atomic E-state index is 12.7. The summed E-state index contributed by atoms with van der Waals surface area (Å²) in [6.45, 7) is 6.35. The van der Waals surface area contributed by atoms with Crippen LogP contribution < -0.4 is 4.90 Å². The Morgan fingerprint density at radius 2 is 2.00 bits per heavy atom. The predicted molar refractivity (Wildman–Crippen MR) is 85.5 cm³/mol. The molecule has 0 atom stereocenters. The summed E-state index contributed by atoms with van der Waals surface area (Å²) in [5.74, 6) is 0.503. The molecule has 0 saturated heterocycles. The predicted octanol–water partition coefficient (Wildman–Crippen LogP) is 1.92. The first kappa shape index (κ1) is 16.6. The van der Waals surface area contributed by atoms with Crippen LogP contribution in [0.1, 0.15) is 33.0 Å². The largest absolute Gasteiger partial charge is 0.310 e. The van der Waals surface area contributed by atoms with Crippen LogP contribution in [0, 0.1) is 11.3 Å². The van der Waals surface area contributed by atoms with Gasteiger partial charge in [-0.1, -0.05) is 39.0 Å². The van der Waals surface area contributed by atoms with Crippen LogP contribution in [0.25, 0.3) is 0 Å². The Kier molecular flexibility index (Phi) is 5.06. The molecule has 23 heavy (non-hydrogen) atoms. The second-order valence-electron chi connectivity index (χ2n) is 6.20. The fourth-order valence-electron chi connectivity index (χ4n) is 2.23. The number of hydrogen-bond acceptors (Lipinski definition) is 5. The molecule has 7 nitrogen and oxygen atoms in total. The van der Waals surface area contributed by atoms with E-state index in [1.807, 2.05) is 51.1 Å². The Hall–Kier alpha value is -2.75. The zero-order valence-electron chi connectivity index (χ0n) is 13.6. The standard InChI is InChI=1S/C16H20N6O/c1-16(2,3)15-18-19-20-22(15)12-14(23)21(11-7-10-17)13-8-5-4-6-9-13/h4-6,8-9H,7,11-12H2,1-3H3. The highest BCUT2D eigenvalue weighted by molar-refractivity contribution is 5.93. The fraction of sp³-hybridized carbons (Fsp3) is 0.438. The second-order valence-corrected chi connectivity index (χ2v) is 6.20. The Labute approximate surface area is 135 Å². The third-order valence-electron chi connectivity index (χ3n) is 3.30. The van der Waals surface area contributed by atoms with E-state index < -0.39 is 0 Å². The van der Waals surface area contributed by atoms with E-state index >= 15 is 0 Å². The molecule has 0 aliphatic heterocycles. The van der Waals surface area contributed by atoms with E-state index in [1.165, 1.54) is 4.68 Å². The van der Waals surface area contributed by atoms with E-state index in [0.717, 1.165) is 5.69 Å². The minimum absolute atomic E-state index is 0.0416. The summed E-state index contributed by atoms with van der Waals surface area (Å²) in [4.78, 5) is 14.3. The molecule has 0 N–H and O–H groups in total. The number of hydrogen-bond donors (Lipinski definition) is 0. The molecule has 1 heterocycles. The minimum Gasteiger partial charge on any atom is -0.310 e. The van der Waals surface area contributed by atoms with Crippen LogP contribution in [0.15, 0.2) is 30.3 Å². The van der Waals surface area contributed by atoms with Crippen LogP contribution in [0.4, 0.5) is 5.69 Å². The Balaban J connectivity index is 2.22. The molecule has 0 saturated carbocycles. The van der Waals surface area contributed by atoms with E-state index in [2.05, 4.69) is 21.6 Å². The third kappa shape index (κ3) is 4.13. The monoisotopic (exact) mass is 312 g/mol. The van der Waals surface area contributed by atoms with Gasteiger partial charge in [-0.15, -0.1) is 5.10 Å². The number of nitriles is 1. The van der Waals surface area contributed by atoms with E-state index in [0.29, 0.717) is 12.4 Å². The maximum Gasteiger partial charge on any atom is 0.248 e. The summed E-state index contributed by atoms with van der Waals surface area (Å²) in [5, 5.41) is 20.4. The number of carbonyl (C=O) groups is 1. The number of benzene rings is 1. The average molecular weight is 312 g/mol. The molecule has 1 aromatic heterocycles. The van der Waals surface area contributed by atoms with Crippen molar-refractivity contribution in [2.45, 2.75) is 39.2 Å². The van der Waals surface area contributed by atoms with Crippen molar-refractivity contribution < 1.29 is 4.79 Å². The van der Waals surface area contributed by atoms with Gasteiger partial charge in [-0.05, 0) is 22.6 Å². The molecular formula is C16H20N6O.